The predicted molar refractivity (Wildman–Crippen MR) is 91.4 cm³/mol. The minimum Gasteiger partial charge on any atom is -0.396 e. The Balaban J connectivity index is 1.66. The van der Waals surface area contributed by atoms with Gasteiger partial charge in [-0.2, -0.15) is 0 Å². The third-order valence-electron chi connectivity index (χ3n) is 5.34. The van der Waals surface area contributed by atoms with E-state index in [0.717, 1.165) is 45.1 Å². The fourth-order valence-corrected chi connectivity index (χ4v) is 3.78. The quantitative estimate of drug-likeness (QED) is 0.657. The molecule has 2 fully saturated rings. The zero-order valence-electron chi connectivity index (χ0n) is 14.8. The average molecular weight is 326 g/mol. The maximum absolute atomic E-state index is 12.1. The summed E-state index contributed by atoms with van der Waals surface area (Å²) < 4.78 is 6.07. The molecule has 0 bridgehead atoms. The number of aliphatic hydroxyl groups is 1. The van der Waals surface area contributed by atoms with E-state index in [1.807, 2.05) is 13.8 Å². The van der Waals surface area contributed by atoms with Crippen LogP contribution in [0.5, 0.6) is 0 Å². The van der Waals surface area contributed by atoms with Crippen LogP contribution in [0.25, 0.3) is 0 Å². The molecule has 0 aromatic carbocycles. The fraction of sp³-hybridized carbons (Fsp3) is 0.944. The van der Waals surface area contributed by atoms with E-state index in [2.05, 4.69) is 10.6 Å². The van der Waals surface area contributed by atoms with Gasteiger partial charge in [0.05, 0.1) is 5.60 Å². The molecule has 1 aliphatic carbocycles. The number of amides is 2. The molecule has 3 N–H and O–H groups in total. The lowest BCUT2D eigenvalue weighted by molar-refractivity contribution is -0.107. The van der Waals surface area contributed by atoms with E-state index in [1.165, 1.54) is 19.3 Å². The molecule has 0 radical (unpaired) electrons. The van der Waals surface area contributed by atoms with Gasteiger partial charge in [-0.05, 0) is 43.9 Å². The molecule has 1 unspecified atom stereocenters. The largest absolute Gasteiger partial charge is 0.396 e. The molecule has 0 aromatic heterocycles. The van der Waals surface area contributed by atoms with Gasteiger partial charge in [-0.1, -0.05) is 33.1 Å². The molecular formula is C18H34N2O3. The van der Waals surface area contributed by atoms with Gasteiger partial charge in [-0.15, -0.1) is 0 Å². The Labute approximate surface area is 140 Å². The first kappa shape index (κ1) is 18.5. The zero-order chi connectivity index (χ0) is 16.8. The Morgan fingerprint density at radius 2 is 2.04 bits per heavy atom. The third kappa shape index (κ3) is 5.96. The molecule has 5 heteroatoms. The van der Waals surface area contributed by atoms with Crippen molar-refractivity contribution in [1.29, 1.82) is 0 Å². The lowest BCUT2D eigenvalue weighted by atomic mass is 9.78. The second kappa shape index (κ2) is 8.34. The summed E-state index contributed by atoms with van der Waals surface area (Å²) in [6, 6.07) is 0.167. The van der Waals surface area contributed by atoms with Crippen LogP contribution in [-0.2, 0) is 4.74 Å². The Morgan fingerprint density at radius 1 is 1.30 bits per heavy atom. The molecule has 23 heavy (non-hydrogen) atoms. The number of urea groups is 1. The summed E-state index contributed by atoms with van der Waals surface area (Å²) in [6.45, 7) is 5.68. The van der Waals surface area contributed by atoms with E-state index in [4.69, 9.17) is 4.74 Å². The van der Waals surface area contributed by atoms with Crippen LogP contribution in [-0.4, -0.2) is 42.5 Å². The summed E-state index contributed by atoms with van der Waals surface area (Å²) in [5.41, 5.74) is -0.0359. The van der Waals surface area contributed by atoms with Crippen LogP contribution < -0.4 is 10.6 Å². The van der Waals surface area contributed by atoms with Gasteiger partial charge in [-0.25, -0.2) is 4.79 Å². The summed E-state index contributed by atoms with van der Waals surface area (Å²) in [7, 11) is 0. The van der Waals surface area contributed by atoms with Crippen molar-refractivity contribution in [3.8, 4) is 0 Å². The van der Waals surface area contributed by atoms with Crippen molar-refractivity contribution < 1.29 is 14.6 Å². The van der Waals surface area contributed by atoms with Crippen LogP contribution in [0.2, 0.25) is 0 Å². The van der Waals surface area contributed by atoms with Gasteiger partial charge in [-0.3, -0.25) is 0 Å². The van der Waals surface area contributed by atoms with Gasteiger partial charge in [0, 0.05) is 25.8 Å². The molecule has 2 rings (SSSR count). The van der Waals surface area contributed by atoms with Gasteiger partial charge in [0.1, 0.15) is 0 Å². The third-order valence-corrected chi connectivity index (χ3v) is 5.34. The number of carbonyl (C=O) groups excluding carboxylic acids is 1. The monoisotopic (exact) mass is 326 g/mol. The van der Waals surface area contributed by atoms with E-state index in [0.29, 0.717) is 6.54 Å². The highest BCUT2D eigenvalue weighted by Gasteiger charge is 2.38. The van der Waals surface area contributed by atoms with E-state index in [9.17, 15) is 9.90 Å². The van der Waals surface area contributed by atoms with Crippen LogP contribution >= 0.6 is 0 Å². The minimum atomic E-state index is -0.0651. The molecule has 0 aromatic rings. The van der Waals surface area contributed by atoms with Gasteiger partial charge in [0.2, 0.25) is 0 Å². The minimum absolute atomic E-state index is 0.0274. The van der Waals surface area contributed by atoms with E-state index in [1.54, 1.807) is 0 Å². The van der Waals surface area contributed by atoms with Crippen molar-refractivity contribution in [1.82, 2.24) is 10.6 Å². The maximum Gasteiger partial charge on any atom is 0.315 e. The van der Waals surface area contributed by atoms with Crippen molar-refractivity contribution in [2.45, 2.75) is 83.3 Å². The van der Waals surface area contributed by atoms with Crippen molar-refractivity contribution in [2.75, 3.05) is 19.8 Å². The molecule has 1 atom stereocenters. The van der Waals surface area contributed by atoms with Crippen LogP contribution in [0.3, 0.4) is 0 Å². The zero-order valence-corrected chi connectivity index (χ0v) is 14.8. The topological polar surface area (TPSA) is 70.6 Å². The Morgan fingerprint density at radius 3 is 2.74 bits per heavy atom. The second-order valence-corrected chi connectivity index (χ2v) is 8.11. The second-order valence-electron chi connectivity index (χ2n) is 8.11. The molecule has 5 nitrogen and oxygen atoms in total. The van der Waals surface area contributed by atoms with Crippen molar-refractivity contribution in [2.24, 2.45) is 5.41 Å². The molecule has 2 aliphatic rings. The van der Waals surface area contributed by atoms with Crippen molar-refractivity contribution >= 4 is 6.03 Å². The lowest BCUT2D eigenvalue weighted by Gasteiger charge is -2.43. The molecule has 1 spiro atoms. The Kier molecular flexibility index (Phi) is 6.72. The van der Waals surface area contributed by atoms with Crippen LogP contribution in [0.1, 0.15) is 71.6 Å². The molecule has 1 saturated carbocycles. The number of ether oxygens (including phenoxy) is 1. The standard InChI is InChI=1S/C18H34N2O3/c1-17(2,14-21)8-6-11-19-16(22)20-15-7-12-23-18(13-15)9-4-3-5-10-18/h15,21H,3-14H2,1-2H3,(H2,19,20,22). The average Bonchev–Trinajstić information content (AvgIpc) is 2.52. The lowest BCUT2D eigenvalue weighted by Crippen LogP contribution is -2.51. The van der Waals surface area contributed by atoms with Gasteiger partial charge >= 0.3 is 6.03 Å². The van der Waals surface area contributed by atoms with Gasteiger partial charge < -0.3 is 20.5 Å². The SMILES string of the molecule is CC(C)(CO)CCCNC(=O)NC1CCOC2(CCCCC2)C1. The molecule has 1 aliphatic heterocycles. The molecular weight excluding hydrogens is 292 g/mol. The number of rotatable bonds is 6. The number of hydrogen-bond donors (Lipinski definition) is 3. The van der Waals surface area contributed by atoms with Gasteiger partial charge in [0.15, 0.2) is 0 Å². The highest BCUT2D eigenvalue weighted by Crippen LogP contribution is 2.38. The Hall–Kier alpha value is -0.810. The first-order valence-electron chi connectivity index (χ1n) is 9.24. The normalized spacial score (nSPS) is 24.4. The molecule has 1 saturated heterocycles. The number of hydrogen-bond acceptors (Lipinski definition) is 3. The van der Waals surface area contributed by atoms with E-state index < -0.39 is 0 Å². The molecule has 1 heterocycles. The van der Waals surface area contributed by atoms with E-state index in [-0.39, 0.29) is 29.7 Å². The maximum atomic E-state index is 12.1. The highest BCUT2D eigenvalue weighted by molar-refractivity contribution is 5.74. The van der Waals surface area contributed by atoms with Crippen LogP contribution in [0.15, 0.2) is 0 Å². The highest BCUT2D eigenvalue weighted by atomic mass is 16.5. The molecule has 134 valence electrons. The van der Waals surface area contributed by atoms with Gasteiger partial charge in [0.25, 0.3) is 0 Å². The summed E-state index contributed by atoms with van der Waals surface area (Å²) in [6.07, 6.45) is 9.76. The number of nitrogens with one attached hydrogen (secondary N) is 2. The first-order chi connectivity index (χ1) is 10.9. The number of aliphatic hydroxyl groups excluding tert-OH is 1. The van der Waals surface area contributed by atoms with Crippen molar-refractivity contribution in [3.05, 3.63) is 0 Å². The summed E-state index contributed by atoms with van der Waals surface area (Å²) >= 11 is 0. The van der Waals surface area contributed by atoms with Crippen LogP contribution in [0, 0.1) is 5.41 Å². The van der Waals surface area contributed by atoms with E-state index >= 15 is 0 Å². The predicted octanol–water partition coefficient (Wildman–Crippen LogP) is 2.97. The Bertz CT molecular complexity index is 373. The van der Waals surface area contributed by atoms with Crippen LogP contribution in [0.4, 0.5) is 4.79 Å². The fourth-order valence-electron chi connectivity index (χ4n) is 3.78. The summed E-state index contributed by atoms with van der Waals surface area (Å²) in [5.74, 6) is 0. The molecule has 2 amide bonds. The smallest absolute Gasteiger partial charge is 0.315 e. The van der Waals surface area contributed by atoms with Crippen molar-refractivity contribution in [3.63, 3.8) is 0 Å². The first-order valence-corrected chi connectivity index (χ1v) is 9.24. The summed E-state index contributed by atoms with van der Waals surface area (Å²) in [4.78, 5) is 12.1. The summed E-state index contributed by atoms with van der Waals surface area (Å²) in [5, 5.41) is 15.3. The number of carbonyl (C=O) groups is 1.